The molecule has 1 aromatic heterocycles. The zero-order valence-electron chi connectivity index (χ0n) is 14.8. The van der Waals surface area contributed by atoms with Crippen LogP contribution in [0.4, 0.5) is 11.4 Å². The molecule has 26 heavy (non-hydrogen) atoms. The van der Waals surface area contributed by atoms with Crippen LogP contribution in [0.2, 0.25) is 0 Å². The molecule has 1 saturated heterocycles. The van der Waals surface area contributed by atoms with Gasteiger partial charge in [0.15, 0.2) is 0 Å². The van der Waals surface area contributed by atoms with Gasteiger partial charge in [0.2, 0.25) is 0 Å². The Bertz CT molecular complexity index is 886. The lowest BCUT2D eigenvalue weighted by atomic mass is 10.1. The third kappa shape index (κ3) is 3.33. The van der Waals surface area contributed by atoms with Crippen LogP contribution in [-0.2, 0) is 0 Å². The summed E-state index contributed by atoms with van der Waals surface area (Å²) < 4.78 is 0. The van der Waals surface area contributed by atoms with Crippen molar-refractivity contribution in [2.24, 2.45) is 5.92 Å². The highest BCUT2D eigenvalue weighted by Gasteiger charge is 2.19. The molecule has 1 unspecified atom stereocenters. The van der Waals surface area contributed by atoms with E-state index in [0.717, 1.165) is 36.0 Å². The Labute approximate surface area is 153 Å². The van der Waals surface area contributed by atoms with E-state index in [-0.39, 0.29) is 5.91 Å². The van der Waals surface area contributed by atoms with Gasteiger partial charge in [0, 0.05) is 30.0 Å². The lowest BCUT2D eigenvalue weighted by Gasteiger charge is -2.18. The van der Waals surface area contributed by atoms with Crippen molar-refractivity contribution >= 4 is 17.3 Å². The molecule has 0 radical (unpaired) electrons. The fourth-order valence-electron chi connectivity index (χ4n) is 3.41. The molecule has 2 heterocycles. The number of carbonyl (C=O) groups is 1. The molecular weight excluding hydrogens is 324 g/mol. The molecule has 5 heteroatoms. The van der Waals surface area contributed by atoms with Gasteiger partial charge in [0.25, 0.3) is 5.91 Å². The van der Waals surface area contributed by atoms with Gasteiger partial charge < -0.3 is 10.2 Å². The summed E-state index contributed by atoms with van der Waals surface area (Å²) >= 11 is 0. The molecule has 1 atom stereocenters. The Morgan fingerprint density at radius 1 is 1.15 bits per heavy atom. The topological polar surface area (TPSA) is 61.0 Å². The number of nitrogens with zero attached hydrogens (tertiary/aromatic N) is 2. The summed E-state index contributed by atoms with van der Waals surface area (Å²) in [5.74, 6) is 0.576. The summed E-state index contributed by atoms with van der Waals surface area (Å²) in [5.41, 5.74) is 4.19. The van der Waals surface area contributed by atoms with Crippen LogP contribution in [0.25, 0.3) is 11.3 Å². The zero-order chi connectivity index (χ0) is 17.9. The number of aromatic nitrogens is 2. The van der Waals surface area contributed by atoms with Crippen molar-refractivity contribution in [3.8, 4) is 11.3 Å². The Morgan fingerprint density at radius 3 is 2.62 bits per heavy atom. The van der Waals surface area contributed by atoms with Crippen LogP contribution in [0.3, 0.4) is 0 Å². The molecule has 1 aliphatic heterocycles. The van der Waals surface area contributed by atoms with Gasteiger partial charge >= 0.3 is 0 Å². The van der Waals surface area contributed by atoms with Crippen molar-refractivity contribution in [3.63, 3.8) is 0 Å². The van der Waals surface area contributed by atoms with Crippen molar-refractivity contribution in [2.45, 2.75) is 13.3 Å². The van der Waals surface area contributed by atoms with Crippen LogP contribution in [0.1, 0.15) is 23.7 Å². The van der Waals surface area contributed by atoms with Crippen LogP contribution in [0, 0.1) is 5.92 Å². The normalized spacial score (nSPS) is 16.7. The molecule has 3 aromatic rings. The van der Waals surface area contributed by atoms with E-state index in [9.17, 15) is 4.79 Å². The van der Waals surface area contributed by atoms with Gasteiger partial charge in [-0.05, 0) is 36.6 Å². The number of hydrogen-bond acceptors (Lipinski definition) is 3. The van der Waals surface area contributed by atoms with E-state index in [1.54, 1.807) is 6.20 Å². The number of carbonyl (C=O) groups excluding carboxylic acids is 1. The maximum absolute atomic E-state index is 12.7. The van der Waals surface area contributed by atoms with E-state index >= 15 is 0 Å². The molecule has 0 bridgehead atoms. The van der Waals surface area contributed by atoms with Crippen LogP contribution < -0.4 is 10.2 Å². The van der Waals surface area contributed by atoms with Gasteiger partial charge in [-0.2, -0.15) is 5.10 Å². The number of anilines is 2. The van der Waals surface area contributed by atoms with Crippen LogP contribution in [0.5, 0.6) is 0 Å². The summed E-state index contributed by atoms with van der Waals surface area (Å²) in [6, 6.07) is 17.8. The first kappa shape index (κ1) is 16.4. The van der Waals surface area contributed by atoms with E-state index in [2.05, 4.69) is 39.5 Å². The fraction of sp³-hybridized carbons (Fsp3) is 0.238. The molecule has 5 nitrogen and oxygen atoms in total. The molecule has 2 aromatic carbocycles. The van der Waals surface area contributed by atoms with Crippen LogP contribution >= 0.6 is 0 Å². The van der Waals surface area contributed by atoms with Crippen LogP contribution in [-0.4, -0.2) is 29.2 Å². The van der Waals surface area contributed by atoms with E-state index in [1.165, 1.54) is 12.1 Å². The van der Waals surface area contributed by atoms with Crippen molar-refractivity contribution in [1.82, 2.24) is 10.2 Å². The Balaban J connectivity index is 1.48. The average Bonchev–Trinajstić information content (AvgIpc) is 3.32. The van der Waals surface area contributed by atoms with Crippen LogP contribution in [0.15, 0.2) is 60.8 Å². The molecule has 132 valence electrons. The number of nitrogens with one attached hydrogen (secondary N) is 2. The summed E-state index contributed by atoms with van der Waals surface area (Å²) in [4.78, 5) is 15.1. The Morgan fingerprint density at radius 2 is 1.92 bits per heavy atom. The standard InChI is InChI=1S/C21H22N4O/c1-15-11-12-25(14-15)18-9-7-17(8-10-18)23-21(26)19-13-22-24-20(19)16-5-3-2-4-6-16/h2-10,13,15H,11-12,14H2,1H3,(H,22,24)(H,23,26). The number of hydrogen-bond donors (Lipinski definition) is 2. The quantitative estimate of drug-likeness (QED) is 0.745. The van der Waals surface area contributed by atoms with Gasteiger partial charge in [0.1, 0.15) is 0 Å². The van der Waals surface area contributed by atoms with Crippen molar-refractivity contribution in [1.29, 1.82) is 0 Å². The molecule has 0 saturated carbocycles. The lowest BCUT2D eigenvalue weighted by molar-refractivity contribution is 0.102. The van der Waals surface area contributed by atoms with Gasteiger partial charge in [-0.3, -0.25) is 9.89 Å². The minimum absolute atomic E-state index is 0.167. The lowest BCUT2D eigenvalue weighted by Crippen LogP contribution is -2.19. The van der Waals surface area contributed by atoms with Crippen molar-refractivity contribution in [2.75, 3.05) is 23.3 Å². The van der Waals surface area contributed by atoms with Gasteiger partial charge in [-0.25, -0.2) is 0 Å². The maximum atomic E-state index is 12.7. The Kier molecular flexibility index (Phi) is 4.44. The number of aromatic amines is 1. The second-order valence-corrected chi connectivity index (χ2v) is 6.87. The highest BCUT2D eigenvalue weighted by molar-refractivity contribution is 6.08. The van der Waals surface area contributed by atoms with Gasteiger partial charge in [-0.15, -0.1) is 0 Å². The number of rotatable bonds is 4. The maximum Gasteiger partial charge on any atom is 0.259 e. The minimum Gasteiger partial charge on any atom is -0.371 e. The SMILES string of the molecule is CC1CCN(c2ccc(NC(=O)c3cn[nH]c3-c3ccccc3)cc2)C1. The monoisotopic (exact) mass is 346 g/mol. The highest BCUT2D eigenvalue weighted by atomic mass is 16.1. The van der Waals surface area contributed by atoms with E-state index in [1.807, 2.05) is 42.5 Å². The molecule has 4 rings (SSSR count). The van der Waals surface area contributed by atoms with Crippen molar-refractivity contribution < 1.29 is 4.79 Å². The molecule has 1 fully saturated rings. The van der Waals surface area contributed by atoms with Crippen molar-refractivity contribution in [3.05, 3.63) is 66.4 Å². The fourth-order valence-corrected chi connectivity index (χ4v) is 3.41. The number of amides is 1. The predicted octanol–water partition coefficient (Wildman–Crippen LogP) is 4.18. The summed E-state index contributed by atoms with van der Waals surface area (Å²) in [5, 5.41) is 9.93. The first-order chi connectivity index (χ1) is 12.7. The second-order valence-electron chi connectivity index (χ2n) is 6.87. The minimum atomic E-state index is -0.167. The smallest absolute Gasteiger partial charge is 0.259 e. The highest BCUT2D eigenvalue weighted by Crippen LogP contribution is 2.26. The summed E-state index contributed by atoms with van der Waals surface area (Å²) in [7, 11) is 0. The number of H-pyrrole nitrogens is 1. The summed E-state index contributed by atoms with van der Waals surface area (Å²) in [6.07, 6.45) is 2.80. The molecule has 0 aliphatic carbocycles. The number of benzene rings is 2. The van der Waals surface area contributed by atoms with E-state index < -0.39 is 0 Å². The molecule has 0 spiro atoms. The predicted molar refractivity (Wildman–Crippen MR) is 104 cm³/mol. The Hall–Kier alpha value is -3.08. The average molecular weight is 346 g/mol. The second kappa shape index (κ2) is 7.04. The molecule has 1 amide bonds. The first-order valence-electron chi connectivity index (χ1n) is 8.96. The first-order valence-corrected chi connectivity index (χ1v) is 8.96. The molecular formula is C21H22N4O. The third-order valence-corrected chi connectivity index (χ3v) is 4.86. The third-order valence-electron chi connectivity index (χ3n) is 4.86. The largest absolute Gasteiger partial charge is 0.371 e. The molecule has 1 aliphatic rings. The zero-order valence-corrected chi connectivity index (χ0v) is 14.8. The summed E-state index contributed by atoms with van der Waals surface area (Å²) in [6.45, 7) is 4.48. The molecule has 2 N–H and O–H groups in total. The van der Waals surface area contributed by atoms with Gasteiger partial charge in [0.05, 0.1) is 17.5 Å². The van der Waals surface area contributed by atoms with E-state index in [0.29, 0.717) is 5.56 Å². The van der Waals surface area contributed by atoms with Gasteiger partial charge in [-0.1, -0.05) is 37.3 Å². The van der Waals surface area contributed by atoms with E-state index in [4.69, 9.17) is 0 Å².